The average Bonchev–Trinajstić information content (AvgIpc) is 3.05. The molecular weight excluding hydrogens is 391 g/mol. The van der Waals surface area contributed by atoms with Crippen LogP contribution in [0.2, 0.25) is 0 Å². The van der Waals surface area contributed by atoms with Crippen LogP contribution in [0.1, 0.15) is 60.6 Å². The molecule has 0 saturated heterocycles. The Hall–Kier alpha value is -0.937. The van der Waals surface area contributed by atoms with Crippen molar-refractivity contribution >= 4 is 10.8 Å². The van der Waals surface area contributed by atoms with Gasteiger partial charge in [-0.15, -0.1) is 40.6 Å². The summed E-state index contributed by atoms with van der Waals surface area (Å²) in [5, 5.41) is 2.75. The minimum absolute atomic E-state index is 0. The van der Waals surface area contributed by atoms with Crippen LogP contribution in [0.5, 0.6) is 0 Å². The molecule has 0 aromatic heterocycles. The Morgan fingerprint density at radius 2 is 1.69 bits per heavy atom. The van der Waals surface area contributed by atoms with Gasteiger partial charge in [-0.1, -0.05) is 67.4 Å². The van der Waals surface area contributed by atoms with Gasteiger partial charge in [-0.05, 0) is 12.3 Å². The molecule has 138 valence electrons. The quantitative estimate of drug-likeness (QED) is 0.383. The van der Waals surface area contributed by atoms with Gasteiger partial charge in [0.05, 0.1) is 0 Å². The largest absolute Gasteiger partial charge is 2.00 e. The van der Waals surface area contributed by atoms with E-state index in [1.54, 1.807) is 5.56 Å². The first-order valence-electron chi connectivity index (χ1n) is 9.71. The van der Waals surface area contributed by atoms with Crippen molar-refractivity contribution in [2.75, 3.05) is 0 Å². The summed E-state index contributed by atoms with van der Waals surface area (Å²) < 4.78 is 0. The standard InChI is InChI=1S/C13H15.C12H19.Zr/c1-10(2)7-11-8-12-5-3-4-6-13(12)9-11;1-6-7-12-10(4)8(2)9(3)11(12)5;/h3-6,8-10H,7H2,1-2H3;6-7H2,1-5H3;/q2*-1;+2. The Balaban J connectivity index is 0.000000251. The SMILES string of the molecule is CC(C)Cc1cc2ccccc2[cH-]1.CCCc1c(C)c(C)c(C)[c-]1C.[Zr+2]. The van der Waals surface area contributed by atoms with E-state index in [4.69, 9.17) is 0 Å². The molecular formula is C25H34Zr. The molecule has 1 heteroatoms. The number of fused-ring (bicyclic) bond motifs is 1. The van der Waals surface area contributed by atoms with Gasteiger partial charge >= 0.3 is 26.2 Å². The van der Waals surface area contributed by atoms with Gasteiger partial charge in [-0.3, -0.25) is 0 Å². The molecule has 0 spiro atoms. The van der Waals surface area contributed by atoms with Gasteiger partial charge in [0.15, 0.2) is 0 Å². The fraction of sp³-hybridized carbons (Fsp3) is 0.440. The zero-order chi connectivity index (χ0) is 18.6. The van der Waals surface area contributed by atoms with Crippen molar-refractivity contribution in [1.82, 2.24) is 0 Å². The molecule has 0 saturated carbocycles. The first kappa shape index (κ1) is 23.1. The molecule has 3 aromatic carbocycles. The van der Waals surface area contributed by atoms with Crippen LogP contribution in [-0.4, -0.2) is 0 Å². The molecule has 0 fully saturated rings. The predicted octanol–water partition coefficient (Wildman–Crippen LogP) is 7.35. The summed E-state index contributed by atoms with van der Waals surface area (Å²) in [6, 6.07) is 13.2. The number of rotatable bonds is 4. The second kappa shape index (κ2) is 10.4. The minimum Gasteiger partial charge on any atom is -0.196 e. The van der Waals surface area contributed by atoms with Gasteiger partial charge in [-0.2, -0.15) is 33.9 Å². The van der Waals surface area contributed by atoms with Crippen LogP contribution >= 0.6 is 0 Å². The third-order valence-electron chi connectivity index (χ3n) is 5.41. The van der Waals surface area contributed by atoms with Gasteiger partial charge in [0, 0.05) is 0 Å². The van der Waals surface area contributed by atoms with Crippen LogP contribution < -0.4 is 0 Å². The molecule has 0 unspecified atom stereocenters. The maximum atomic E-state index is 2.30. The summed E-state index contributed by atoms with van der Waals surface area (Å²) in [6.07, 6.45) is 3.69. The van der Waals surface area contributed by atoms with Crippen molar-refractivity contribution in [2.24, 2.45) is 5.92 Å². The Bertz CT molecular complexity index is 756. The molecule has 26 heavy (non-hydrogen) atoms. The molecule has 0 radical (unpaired) electrons. The maximum absolute atomic E-state index is 2.30. The smallest absolute Gasteiger partial charge is 0.196 e. The molecule has 0 amide bonds. The van der Waals surface area contributed by atoms with Gasteiger partial charge < -0.3 is 0 Å². The summed E-state index contributed by atoms with van der Waals surface area (Å²) in [7, 11) is 0. The molecule has 0 N–H and O–H groups in total. The van der Waals surface area contributed by atoms with E-state index in [9.17, 15) is 0 Å². The van der Waals surface area contributed by atoms with E-state index in [1.165, 1.54) is 57.9 Å². The van der Waals surface area contributed by atoms with Crippen LogP contribution in [0.15, 0.2) is 36.4 Å². The van der Waals surface area contributed by atoms with Crippen molar-refractivity contribution in [2.45, 2.75) is 67.7 Å². The topological polar surface area (TPSA) is 0 Å². The summed E-state index contributed by atoms with van der Waals surface area (Å²) in [6.45, 7) is 15.7. The molecule has 0 nitrogen and oxygen atoms in total. The zero-order valence-electron chi connectivity index (χ0n) is 17.7. The molecule has 3 rings (SSSR count). The van der Waals surface area contributed by atoms with E-state index in [1.807, 2.05) is 0 Å². The number of hydrogen-bond acceptors (Lipinski definition) is 0. The monoisotopic (exact) mass is 424 g/mol. The third-order valence-corrected chi connectivity index (χ3v) is 5.41. The molecule has 0 atom stereocenters. The molecule has 3 aromatic rings. The molecule has 0 heterocycles. The van der Waals surface area contributed by atoms with E-state index in [0.29, 0.717) is 0 Å². The fourth-order valence-corrected chi connectivity index (χ4v) is 3.73. The van der Waals surface area contributed by atoms with E-state index >= 15 is 0 Å². The normalized spacial score (nSPS) is 10.6. The van der Waals surface area contributed by atoms with Gasteiger partial charge in [0.2, 0.25) is 0 Å². The fourth-order valence-electron chi connectivity index (χ4n) is 3.73. The Kier molecular flexibility index (Phi) is 9.25. The van der Waals surface area contributed by atoms with Crippen molar-refractivity contribution in [3.63, 3.8) is 0 Å². The van der Waals surface area contributed by atoms with Crippen molar-refractivity contribution < 1.29 is 26.2 Å². The summed E-state index contributed by atoms with van der Waals surface area (Å²) in [4.78, 5) is 0. The number of benzene rings is 1. The first-order valence-corrected chi connectivity index (χ1v) is 9.71. The van der Waals surface area contributed by atoms with Crippen molar-refractivity contribution in [3.8, 4) is 0 Å². The van der Waals surface area contributed by atoms with Crippen LogP contribution in [0, 0.1) is 33.6 Å². The summed E-state index contributed by atoms with van der Waals surface area (Å²) in [5.74, 6) is 0.747. The van der Waals surface area contributed by atoms with Gasteiger partial charge in [-0.25, -0.2) is 0 Å². The zero-order valence-corrected chi connectivity index (χ0v) is 20.1. The Labute approximate surface area is 179 Å². The van der Waals surface area contributed by atoms with Crippen molar-refractivity contribution in [1.29, 1.82) is 0 Å². The van der Waals surface area contributed by atoms with E-state index in [0.717, 1.165) is 5.92 Å². The van der Waals surface area contributed by atoms with Crippen LogP contribution in [0.4, 0.5) is 0 Å². The maximum Gasteiger partial charge on any atom is 2.00 e. The van der Waals surface area contributed by atoms with Crippen molar-refractivity contribution in [3.05, 3.63) is 69.8 Å². The van der Waals surface area contributed by atoms with Crippen LogP contribution in [-0.2, 0) is 39.0 Å². The molecule has 0 aliphatic rings. The van der Waals surface area contributed by atoms with Crippen LogP contribution in [0.3, 0.4) is 0 Å². The summed E-state index contributed by atoms with van der Waals surface area (Å²) >= 11 is 0. The molecule has 0 bridgehead atoms. The van der Waals surface area contributed by atoms with Crippen LogP contribution in [0.25, 0.3) is 10.8 Å². The van der Waals surface area contributed by atoms with Gasteiger partial charge in [0.1, 0.15) is 0 Å². The summed E-state index contributed by atoms with van der Waals surface area (Å²) in [5.41, 5.74) is 9.09. The van der Waals surface area contributed by atoms with E-state index in [2.05, 4.69) is 84.9 Å². The average molecular weight is 426 g/mol. The second-order valence-corrected chi connectivity index (χ2v) is 7.82. The third kappa shape index (κ3) is 5.53. The predicted molar refractivity (Wildman–Crippen MR) is 113 cm³/mol. The van der Waals surface area contributed by atoms with E-state index < -0.39 is 0 Å². The minimum atomic E-state index is 0. The van der Waals surface area contributed by atoms with Gasteiger partial charge in [0.25, 0.3) is 0 Å². The first-order chi connectivity index (χ1) is 11.8. The number of hydrogen-bond donors (Lipinski definition) is 0. The van der Waals surface area contributed by atoms with E-state index in [-0.39, 0.29) is 26.2 Å². The second-order valence-electron chi connectivity index (χ2n) is 7.82. The molecule has 0 aliphatic heterocycles. The Morgan fingerprint density at radius 1 is 1.04 bits per heavy atom. The Morgan fingerprint density at radius 3 is 2.19 bits per heavy atom. The molecule has 0 aliphatic carbocycles.